The minimum atomic E-state index is -4.54. The van der Waals surface area contributed by atoms with Crippen LogP contribution in [0.15, 0.2) is 16.6 Å². The fourth-order valence-corrected chi connectivity index (χ4v) is 2.89. The van der Waals surface area contributed by atoms with Crippen LogP contribution in [-0.2, 0) is 0 Å². The second-order valence-electron chi connectivity index (χ2n) is 4.74. The Hall–Kier alpha value is -0.720. The van der Waals surface area contributed by atoms with Gasteiger partial charge < -0.3 is 10.4 Å². The van der Waals surface area contributed by atoms with E-state index in [1.54, 1.807) is 6.07 Å². The molecule has 0 radical (unpaired) electrons. The third kappa shape index (κ3) is 5.13. The maximum atomic E-state index is 13.5. The normalized spacial score (nSPS) is 16.7. The van der Waals surface area contributed by atoms with Crippen LogP contribution in [0.3, 0.4) is 0 Å². The molecule has 130 valence electrons. The zero-order valence-corrected chi connectivity index (χ0v) is 14.9. The summed E-state index contributed by atoms with van der Waals surface area (Å²) < 4.78 is 40.5. The highest BCUT2D eigenvalue weighted by atomic mass is 79.9. The number of phenols is 1. The maximum Gasteiger partial charge on any atom is 0.408 e. The molecule has 1 heterocycles. The average Bonchev–Trinajstić information content (AvgIpc) is 2.43. The summed E-state index contributed by atoms with van der Waals surface area (Å²) in [5, 5.41) is 21.9. The molecule has 0 amide bonds. The van der Waals surface area contributed by atoms with Crippen molar-refractivity contribution < 1.29 is 18.3 Å². The number of nitrogens with zero attached hydrogens (tertiary/aromatic N) is 2. The molecule has 1 atom stereocenters. The molecule has 1 fully saturated rings. The van der Waals surface area contributed by atoms with Crippen molar-refractivity contribution >= 4 is 40.7 Å². The van der Waals surface area contributed by atoms with Gasteiger partial charge in [0.1, 0.15) is 11.8 Å². The van der Waals surface area contributed by atoms with Gasteiger partial charge in [0.05, 0.1) is 16.1 Å². The van der Waals surface area contributed by atoms with Gasteiger partial charge in [-0.2, -0.15) is 18.4 Å². The van der Waals surface area contributed by atoms with E-state index in [0.717, 1.165) is 6.07 Å². The number of alkyl halides is 3. The lowest BCUT2D eigenvalue weighted by molar-refractivity contribution is -0.188. The van der Waals surface area contributed by atoms with Gasteiger partial charge in [0, 0.05) is 31.7 Å². The van der Waals surface area contributed by atoms with Gasteiger partial charge in [0.25, 0.3) is 0 Å². The summed E-state index contributed by atoms with van der Waals surface area (Å²) in [4.78, 5) is 1.26. The summed E-state index contributed by atoms with van der Waals surface area (Å²) in [6, 6.07) is 2.27. The van der Waals surface area contributed by atoms with E-state index in [-0.39, 0.29) is 53.5 Å². The molecular formula is C13H15BrCl2F3N3O. The van der Waals surface area contributed by atoms with E-state index in [2.05, 4.69) is 21.2 Å². The molecule has 2 rings (SSSR count). The fourth-order valence-electron chi connectivity index (χ4n) is 2.41. The minimum Gasteiger partial charge on any atom is -0.506 e. The SMILES string of the molecule is Cl.Cl.N#Cc1cc(Br)c(O)c([C@@H](N2CCNCC2)C(F)(F)F)c1. The van der Waals surface area contributed by atoms with Gasteiger partial charge in [-0.15, -0.1) is 24.8 Å². The van der Waals surface area contributed by atoms with Crippen LogP contribution >= 0.6 is 40.7 Å². The summed E-state index contributed by atoms with van der Waals surface area (Å²) in [6.45, 7) is 1.34. The first kappa shape index (κ1) is 22.3. The Balaban J connectivity index is 0.00000242. The number of rotatable bonds is 2. The summed E-state index contributed by atoms with van der Waals surface area (Å²) in [5.41, 5.74) is -0.227. The van der Waals surface area contributed by atoms with E-state index in [4.69, 9.17) is 5.26 Å². The first-order chi connectivity index (χ1) is 9.84. The highest BCUT2D eigenvalue weighted by molar-refractivity contribution is 9.10. The van der Waals surface area contributed by atoms with Crippen molar-refractivity contribution in [1.29, 1.82) is 5.26 Å². The van der Waals surface area contributed by atoms with E-state index in [0.29, 0.717) is 13.1 Å². The zero-order valence-electron chi connectivity index (χ0n) is 11.7. The van der Waals surface area contributed by atoms with E-state index in [9.17, 15) is 18.3 Å². The smallest absolute Gasteiger partial charge is 0.408 e. The van der Waals surface area contributed by atoms with Crippen molar-refractivity contribution in [3.8, 4) is 11.8 Å². The Morgan fingerprint density at radius 2 is 1.83 bits per heavy atom. The van der Waals surface area contributed by atoms with Crippen molar-refractivity contribution in [1.82, 2.24) is 10.2 Å². The minimum absolute atomic E-state index is 0. The Labute approximate surface area is 152 Å². The fraction of sp³-hybridized carbons (Fsp3) is 0.462. The van der Waals surface area contributed by atoms with Crippen LogP contribution in [0.2, 0.25) is 0 Å². The lowest BCUT2D eigenvalue weighted by atomic mass is 10.0. The molecule has 1 aliphatic rings. The highest BCUT2D eigenvalue weighted by Gasteiger charge is 2.46. The summed E-state index contributed by atoms with van der Waals surface area (Å²) in [6.07, 6.45) is -4.54. The molecule has 10 heteroatoms. The third-order valence-corrected chi connectivity index (χ3v) is 3.95. The van der Waals surface area contributed by atoms with Crippen molar-refractivity contribution in [3.63, 3.8) is 0 Å². The van der Waals surface area contributed by atoms with Crippen LogP contribution in [0.1, 0.15) is 17.2 Å². The molecule has 0 bridgehead atoms. The van der Waals surface area contributed by atoms with Crippen LogP contribution in [0, 0.1) is 11.3 Å². The van der Waals surface area contributed by atoms with Gasteiger partial charge in [-0.1, -0.05) is 0 Å². The molecule has 0 saturated carbocycles. The molecule has 23 heavy (non-hydrogen) atoms. The monoisotopic (exact) mass is 435 g/mol. The summed E-state index contributed by atoms with van der Waals surface area (Å²) >= 11 is 3.00. The highest BCUT2D eigenvalue weighted by Crippen LogP contribution is 2.44. The second-order valence-corrected chi connectivity index (χ2v) is 5.59. The first-order valence-electron chi connectivity index (χ1n) is 6.28. The predicted molar refractivity (Wildman–Crippen MR) is 88.3 cm³/mol. The van der Waals surface area contributed by atoms with Crippen LogP contribution in [-0.4, -0.2) is 42.4 Å². The molecule has 0 aromatic heterocycles. The summed E-state index contributed by atoms with van der Waals surface area (Å²) in [7, 11) is 0. The molecular weight excluding hydrogens is 422 g/mol. The molecule has 0 spiro atoms. The Morgan fingerprint density at radius 3 is 2.30 bits per heavy atom. The van der Waals surface area contributed by atoms with Crippen LogP contribution in [0.25, 0.3) is 0 Å². The van der Waals surface area contributed by atoms with E-state index in [1.165, 1.54) is 11.0 Å². The Kier molecular flexibility index (Phi) is 8.66. The number of hydrogen-bond acceptors (Lipinski definition) is 4. The van der Waals surface area contributed by atoms with E-state index < -0.39 is 18.0 Å². The standard InChI is InChI=1S/C13H13BrF3N3O.2ClH/c14-10-6-8(7-18)5-9(11(10)21)12(13(15,16)17)20-3-1-19-2-4-20;;/h5-6,12,19,21H,1-4H2;2*1H/t12-;;/m1../s1. The number of nitriles is 1. The molecule has 0 unspecified atom stereocenters. The van der Waals surface area contributed by atoms with Crippen molar-refractivity contribution in [2.24, 2.45) is 0 Å². The number of phenolic OH excluding ortho intramolecular Hbond substituents is 1. The number of benzene rings is 1. The summed E-state index contributed by atoms with van der Waals surface area (Å²) in [5.74, 6) is -0.477. The quantitative estimate of drug-likeness (QED) is 0.746. The number of nitrogens with one attached hydrogen (secondary N) is 1. The van der Waals surface area contributed by atoms with Crippen molar-refractivity contribution in [2.45, 2.75) is 12.2 Å². The van der Waals surface area contributed by atoms with Gasteiger partial charge in [0.15, 0.2) is 0 Å². The van der Waals surface area contributed by atoms with Crippen LogP contribution < -0.4 is 5.32 Å². The van der Waals surface area contributed by atoms with Gasteiger partial charge in [-0.25, -0.2) is 0 Å². The number of hydrogen-bond donors (Lipinski definition) is 2. The maximum absolute atomic E-state index is 13.5. The lowest BCUT2D eigenvalue weighted by Crippen LogP contribution is -2.49. The lowest BCUT2D eigenvalue weighted by Gasteiger charge is -2.36. The average molecular weight is 437 g/mol. The molecule has 1 aromatic carbocycles. The Morgan fingerprint density at radius 1 is 1.26 bits per heavy atom. The molecule has 1 aromatic rings. The van der Waals surface area contributed by atoms with Crippen LogP contribution in [0.4, 0.5) is 13.2 Å². The molecule has 4 nitrogen and oxygen atoms in total. The van der Waals surface area contributed by atoms with Crippen molar-refractivity contribution in [3.05, 3.63) is 27.7 Å². The Bertz CT molecular complexity index is 575. The zero-order chi connectivity index (χ0) is 15.6. The second kappa shape index (κ2) is 8.94. The van der Waals surface area contributed by atoms with Gasteiger partial charge >= 0.3 is 6.18 Å². The topological polar surface area (TPSA) is 59.3 Å². The molecule has 1 saturated heterocycles. The third-order valence-electron chi connectivity index (χ3n) is 3.34. The predicted octanol–water partition coefficient (Wildman–Crippen LogP) is 3.38. The number of halogens is 6. The molecule has 1 aliphatic heterocycles. The van der Waals surface area contributed by atoms with Crippen molar-refractivity contribution in [2.75, 3.05) is 26.2 Å². The number of aromatic hydroxyl groups is 1. The van der Waals surface area contributed by atoms with E-state index in [1.807, 2.05) is 0 Å². The van der Waals surface area contributed by atoms with E-state index >= 15 is 0 Å². The molecule has 0 aliphatic carbocycles. The van der Waals surface area contributed by atoms with Gasteiger partial charge in [0.2, 0.25) is 0 Å². The molecule has 2 N–H and O–H groups in total. The largest absolute Gasteiger partial charge is 0.506 e. The first-order valence-corrected chi connectivity index (χ1v) is 7.08. The van der Waals surface area contributed by atoms with Gasteiger partial charge in [-0.3, -0.25) is 4.90 Å². The van der Waals surface area contributed by atoms with Gasteiger partial charge in [-0.05, 0) is 28.1 Å². The van der Waals surface area contributed by atoms with Crippen LogP contribution in [0.5, 0.6) is 5.75 Å². The number of piperazine rings is 1.